The fourth-order valence-electron chi connectivity index (χ4n) is 4.41. The molecule has 0 amide bonds. The molecule has 0 saturated heterocycles. The molecular formula is C24H22N2O3. The fourth-order valence-corrected chi connectivity index (χ4v) is 4.41. The molecule has 0 bridgehead atoms. The van der Waals surface area contributed by atoms with Gasteiger partial charge in [0, 0.05) is 18.4 Å². The molecule has 29 heavy (non-hydrogen) atoms. The summed E-state index contributed by atoms with van der Waals surface area (Å²) in [7, 11) is 3.49. The largest absolute Gasteiger partial charge is 0.495 e. The van der Waals surface area contributed by atoms with Crippen molar-refractivity contribution in [1.29, 1.82) is 0 Å². The van der Waals surface area contributed by atoms with Crippen LogP contribution in [0, 0.1) is 0 Å². The molecule has 5 rings (SSSR count). The van der Waals surface area contributed by atoms with Crippen molar-refractivity contribution < 1.29 is 4.74 Å². The van der Waals surface area contributed by atoms with E-state index in [1.807, 2.05) is 54.1 Å². The van der Waals surface area contributed by atoms with Crippen molar-refractivity contribution in [3.8, 4) is 11.4 Å². The number of hydrogen-bond donors (Lipinski definition) is 0. The second kappa shape index (κ2) is 6.62. The van der Waals surface area contributed by atoms with E-state index in [1.165, 1.54) is 0 Å². The maximum Gasteiger partial charge on any atom is 0.268 e. The van der Waals surface area contributed by atoms with Gasteiger partial charge in [0.2, 0.25) is 5.43 Å². The van der Waals surface area contributed by atoms with E-state index in [9.17, 15) is 9.59 Å². The number of benzene rings is 2. The monoisotopic (exact) mass is 386 g/mol. The van der Waals surface area contributed by atoms with Gasteiger partial charge in [-0.2, -0.15) is 0 Å². The minimum absolute atomic E-state index is 0.222. The molecule has 2 aromatic heterocycles. The third kappa shape index (κ3) is 2.54. The number of nitrogens with zero attached hydrogens (tertiary/aromatic N) is 2. The molecule has 146 valence electrons. The van der Waals surface area contributed by atoms with Crippen LogP contribution in [0.3, 0.4) is 0 Å². The van der Waals surface area contributed by atoms with Crippen molar-refractivity contribution in [2.45, 2.75) is 25.2 Å². The number of pyridine rings is 2. The van der Waals surface area contributed by atoms with Gasteiger partial charge in [-0.3, -0.25) is 14.2 Å². The summed E-state index contributed by atoms with van der Waals surface area (Å²) >= 11 is 0. The smallest absolute Gasteiger partial charge is 0.268 e. The van der Waals surface area contributed by atoms with Crippen molar-refractivity contribution in [2.24, 2.45) is 7.05 Å². The summed E-state index contributed by atoms with van der Waals surface area (Å²) in [5.74, 6) is 0.956. The highest BCUT2D eigenvalue weighted by molar-refractivity contribution is 5.96. The van der Waals surface area contributed by atoms with E-state index in [2.05, 4.69) is 0 Å². The van der Waals surface area contributed by atoms with Crippen LogP contribution in [-0.2, 0) is 7.05 Å². The zero-order valence-electron chi connectivity index (χ0n) is 16.5. The summed E-state index contributed by atoms with van der Waals surface area (Å²) in [6, 6.07) is 17.0. The van der Waals surface area contributed by atoms with Crippen LogP contribution in [0.4, 0.5) is 0 Å². The number of rotatable bonds is 3. The average molecular weight is 386 g/mol. The Balaban J connectivity index is 1.98. The molecule has 0 N–H and O–H groups in total. The molecule has 2 aromatic carbocycles. The summed E-state index contributed by atoms with van der Waals surface area (Å²) in [4.78, 5) is 27.1. The number of aryl methyl sites for hydroxylation is 1. The lowest BCUT2D eigenvalue weighted by atomic mass is 9.82. The molecule has 4 aromatic rings. The van der Waals surface area contributed by atoms with Crippen LogP contribution in [0.2, 0.25) is 0 Å². The van der Waals surface area contributed by atoms with Gasteiger partial charge in [0.25, 0.3) is 5.56 Å². The molecule has 0 aliphatic heterocycles. The Morgan fingerprint density at radius 3 is 2.41 bits per heavy atom. The van der Waals surface area contributed by atoms with Crippen LogP contribution >= 0.6 is 0 Å². The summed E-state index contributed by atoms with van der Waals surface area (Å²) in [5.41, 5.74) is 2.65. The van der Waals surface area contributed by atoms with Crippen LogP contribution in [-0.4, -0.2) is 16.2 Å². The molecule has 2 heterocycles. The SMILES string of the molecule is COc1cccc2c(=O)c3c(=O)n(-c4ccccc4)c(C4CCC4)cc3n(C)c12. The first kappa shape index (κ1) is 17.7. The second-order valence-corrected chi connectivity index (χ2v) is 7.68. The summed E-state index contributed by atoms with van der Waals surface area (Å²) in [6.07, 6.45) is 3.28. The summed E-state index contributed by atoms with van der Waals surface area (Å²) in [5, 5.41) is 0.715. The molecule has 1 aliphatic rings. The molecule has 0 unspecified atom stereocenters. The molecular weight excluding hydrogens is 364 g/mol. The third-order valence-corrected chi connectivity index (χ3v) is 6.14. The van der Waals surface area contributed by atoms with Gasteiger partial charge in [-0.05, 0) is 49.1 Å². The Labute approximate surface area is 167 Å². The number of para-hydroxylation sites is 2. The first-order chi connectivity index (χ1) is 14.1. The first-order valence-electron chi connectivity index (χ1n) is 9.92. The van der Waals surface area contributed by atoms with Crippen LogP contribution in [0.25, 0.3) is 27.5 Å². The molecule has 1 fully saturated rings. The zero-order chi connectivity index (χ0) is 20.1. The number of hydrogen-bond acceptors (Lipinski definition) is 3. The van der Waals surface area contributed by atoms with E-state index in [4.69, 9.17) is 4.74 Å². The van der Waals surface area contributed by atoms with Gasteiger partial charge in [-0.25, -0.2) is 0 Å². The molecule has 0 radical (unpaired) electrons. The maximum absolute atomic E-state index is 13.7. The lowest BCUT2D eigenvalue weighted by Gasteiger charge is -2.29. The van der Waals surface area contributed by atoms with Crippen LogP contribution in [0.15, 0.2) is 64.2 Å². The normalized spacial score (nSPS) is 14.3. The van der Waals surface area contributed by atoms with Gasteiger partial charge >= 0.3 is 0 Å². The van der Waals surface area contributed by atoms with E-state index < -0.39 is 0 Å². The van der Waals surface area contributed by atoms with Gasteiger partial charge in [0.1, 0.15) is 11.1 Å². The Kier molecular flexibility index (Phi) is 4.05. The summed E-state index contributed by atoms with van der Waals surface area (Å²) in [6.45, 7) is 0. The van der Waals surface area contributed by atoms with Gasteiger partial charge < -0.3 is 9.30 Å². The van der Waals surface area contributed by atoms with Crippen molar-refractivity contribution in [1.82, 2.24) is 9.13 Å². The van der Waals surface area contributed by atoms with Crippen molar-refractivity contribution in [2.75, 3.05) is 7.11 Å². The Morgan fingerprint density at radius 1 is 1.00 bits per heavy atom. The lowest BCUT2D eigenvalue weighted by Crippen LogP contribution is -2.30. The van der Waals surface area contributed by atoms with E-state index in [0.29, 0.717) is 28.1 Å². The number of ether oxygens (including phenoxy) is 1. The second-order valence-electron chi connectivity index (χ2n) is 7.68. The first-order valence-corrected chi connectivity index (χ1v) is 9.92. The van der Waals surface area contributed by atoms with E-state index >= 15 is 0 Å². The van der Waals surface area contributed by atoms with Crippen LogP contribution in [0.1, 0.15) is 30.9 Å². The number of methoxy groups -OCH3 is 1. The van der Waals surface area contributed by atoms with E-state index in [-0.39, 0.29) is 16.4 Å². The van der Waals surface area contributed by atoms with Crippen molar-refractivity contribution in [3.63, 3.8) is 0 Å². The van der Waals surface area contributed by atoms with E-state index in [0.717, 1.165) is 30.6 Å². The van der Waals surface area contributed by atoms with Gasteiger partial charge in [0.15, 0.2) is 0 Å². The highest BCUT2D eigenvalue weighted by atomic mass is 16.5. The number of fused-ring (bicyclic) bond motifs is 2. The Morgan fingerprint density at radius 2 is 1.76 bits per heavy atom. The zero-order valence-corrected chi connectivity index (χ0v) is 16.5. The Hall–Kier alpha value is -3.34. The van der Waals surface area contributed by atoms with Gasteiger partial charge in [-0.1, -0.05) is 30.7 Å². The summed E-state index contributed by atoms with van der Waals surface area (Å²) < 4.78 is 9.16. The predicted octanol–water partition coefficient (Wildman–Crippen LogP) is 4.12. The standard InChI is InChI=1S/C24H22N2O3/c1-25-19-14-18(15-8-6-9-15)26(16-10-4-3-5-11-16)24(28)21(19)23(27)17-12-7-13-20(29-2)22(17)25/h3-5,7,10-15H,6,8-9H2,1-2H3. The molecule has 1 aliphatic carbocycles. The van der Waals surface area contributed by atoms with E-state index in [1.54, 1.807) is 23.8 Å². The fraction of sp³-hybridized carbons (Fsp3) is 0.250. The van der Waals surface area contributed by atoms with Crippen molar-refractivity contribution in [3.05, 3.63) is 80.9 Å². The predicted molar refractivity (Wildman–Crippen MR) is 115 cm³/mol. The lowest BCUT2D eigenvalue weighted by molar-refractivity contribution is 0.404. The average Bonchev–Trinajstić information content (AvgIpc) is 2.70. The highest BCUT2D eigenvalue weighted by Gasteiger charge is 2.26. The van der Waals surface area contributed by atoms with Crippen LogP contribution in [0.5, 0.6) is 5.75 Å². The van der Waals surface area contributed by atoms with Crippen molar-refractivity contribution >= 4 is 21.8 Å². The minimum atomic E-state index is -0.249. The quantitative estimate of drug-likeness (QED) is 0.498. The molecule has 1 saturated carbocycles. The third-order valence-electron chi connectivity index (χ3n) is 6.14. The molecule has 5 heteroatoms. The van der Waals surface area contributed by atoms with Crippen LogP contribution < -0.4 is 15.7 Å². The maximum atomic E-state index is 13.7. The number of aromatic nitrogens is 2. The topological polar surface area (TPSA) is 53.2 Å². The Bertz CT molecular complexity index is 1360. The highest BCUT2D eigenvalue weighted by Crippen LogP contribution is 2.38. The van der Waals surface area contributed by atoms with Gasteiger partial charge in [0.05, 0.1) is 23.5 Å². The minimum Gasteiger partial charge on any atom is -0.495 e. The molecule has 5 nitrogen and oxygen atoms in total. The molecule has 0 atom stereocenters. The molecule has 0 spiro atoms. The van der Waals surface area contributed by atoms with Gasteiger partial charge in [-0.15, -0.1) is 0 Å².